The van der Waals surface area contributed by atoms with Gasteiger partial charge in [-0.2, -0.15) is 0 Å². The molecule has 1 unspecified atom stereocenters. The number of aryl methyl sites for hydroxylation is 1. The van der Waals surface area contributed by atoms with E-state index in [1.165, 1.54) is 30.6 Å². The molecule has 18 nitrogen and oxygen atoms in total. The van der Waals surface area contributed by atoms with Crippen molar-refractivity contribution in [2.75, 3.05) is 53.0 Å². The van der Waals surface area contributed by atoms with Crippen molar-refractivity contribution < 1.29 is 33.4 Å². The number of hydrogen-bond donors (Lipinski definition) is 8. The summed E-state index contributed by atoms with van der Waals surface area (Å²) < 4.78 is 12.3. The van der Waals surface area contributed by atoms with Gasteiger partial charge < -0.3 is 58.2 Å². The highest BCUT2D eigenvalue weighted by molar-refractivity contribution is 6.00. The minimum absolute atomic E-state index is 0.0188. The van der Waals surface area contributed by atoms with Crippen LogP contribution in [0.15, 0.2) is 66.9 Å². The van der Waals surface area contributed by atoms with Crippen LogP contribution in [0, 0.1) is 12.8 Å². The molecule has 1 aromatic heterocycles. The summed E-state index contributed by atoms with van der Waals surface area (Å²) in [4.78, 5) is 81.0. The number of nitrogens with two attached hydrogens (primary N) is 3. The van der Waals surface area contributed by atoms with E-state index in [9.17, 15) is 24.0 Å². The Morgan fingerprint density at radius 2 is 1.56 bits per heavy atom. The van der Waals surface area contributed by atoms with Crippen LogP contribution in [0.1, 0.15) is 66.0 Å². The monoisotopic (exact) mass is 905 g/mol. The van der Waals surface area contributed by atoms with Crippen LogP contribution in [0.3, 0.4) is 0 Å². The fourth-order valence-corrected chi connectivity index (χ4v) is 7.78. The van der Waals surface area contributed by atoms with Crippen LogP contribution < -0.4 is 53.3 Å². The van der Waals surface area contributed by atoms with Gasteiger partial charge in [0.05, 0.1) is 11.3 Å². The summed E-state index contributed by atoms with van der Waals surface area (Å²) in [5.74, 6) is -1.16. The third-order valence-electron chi connectivity index (χ3n) is 11.4. The van der Waals surface area contributed by atoms with Crippen LogP contribution in [0.25, 0.3) is 22.5 Å². The second kappa shape index (κ2) is 22.6. The van der Waals surface area contributed by atoms with Crippen molar-refractivity contribution in [3.8, 4) is 34.0 Å². The number of benzene rings is 3. The molecule has 18 heteroatoms. The second-order valence-corrected chi connectivity index (χ2v) is 17.1. The van der Waals surface area contributed by atoms with Gasteiger partial charge in [-0.05, 0) is 80.1 Å². The summed E-state index contributed by atoms with van der Waals surface area (Å²) in [5.41, 5.74) is 22.4. The van der Waals surface area contributed by atoms with E-state index in [1.807, 2.05) is 30.3 Å². The molecule has 2 aliphatic heterocycles. The number of nitrogens with zero attached hydrogens (tertiary/aromatic N) is 3. The molecule has 352 valence electrons. The minimum Gasteiger partial charge on any atom is -0.492 e. The number of amides is 5. The second-order valence-electron chi connectivity index (χ2n) is 17.1. The molecule has 6 rings (SSSR count). The first kappa shape index (κ1) is 49.0. The van der Waals surface area contributed by atoms with Crippen molar-refractivity contribution in [1.29, 1.82) is 0 Å². The summed E-state index contributed by atoms with van der Waals surface area (Å²) in [6.45, 7) is 9.45. The molecule has 0 aliphatic carbocycles. The largest absolute Gasteiger partial charge is 0.492 e. The van der Waals surface area contributed by atoms with E-state index < -0.39 is 53.7 Å². The van der Waals surface area contributed by atoms with E-state index in [4.69, 9.17) is 26.7 Å². The quantitative estimate of drug-likeness (QED) is 0.0655. The van der Waals surface area contributed by atoms with E-state index in [-0.39, 0.29) is 57.3 Å². The van der Waals surface area contributed by atoms with E-state index in [2.05, 4.69) is 50.4 Å². The Morgan fingerprint density at radius 1 is 0.894 bits per heavy atom. The molecule has 1 fully saturated rings. The molecule has 3 heterocycles. The molecule has 0 radical (unpaired) electrons. The molecule has 1 saturated heterocycles. The van der Waals surface area contributed by atoms with Gasteiger partial charge in [0.15, 0.2) is 5.82 Å². The number of likely N-dealkylation sites (N-methyl/N-ethyl adjacent to an activating group) is 1. The Balaban J connectivity index is 1.35. The summed E-state index contributed by atoms with van der Waals surface area (Å²) in [6, 6.07) is 13.8. The molecule has 11 N–H and O–H groups in total. The summed E-state index contributed by atoms with van der Waals surface area (Å²) in [5, 5.41) is 14.5. The molecule has 66 heavy (non-hydrogen) atoms. The molecule has 0 saturated carbocycles. The van der Waals surface area contributed by atoms with E-state index in [1.54, 1.807) is 37.3 Å². The smallest absolute Gasteiger partial charge is 0.255 e. The normalized spacial score (nSPS) is 18.6. The third-order valence-corrected chi connectivity index (χ3v) is 11.4. The average Bonchev–Trinajstić information content (AvgIpc) is 4.13. The van der Waals surface area contributed by atoms with Crippen molar-refractivity contribution in [1.82, 2.24) is 41.5 Å². The Hall–Kier alpha value is -6.47. The van der Waals surface area contributed by atoms with E-state index >= 15 is 0 Å². The number of nitrogens with one attached hydrogen (secondary N) is 5. The van der Waals surface area contributed by atoms with Gasteiger partial charge in [0.25, 0.3) is 5.91 Å². The van der Waals surface area contributed by atoms with Crippen molar-refractivity contribution in [3.63, 3.8) is 0 Å². The zero-order chi connectivity index (χ0) is 47.5. The Morgan fingerprint density at radius 3 is 2.18 bits per heavy atom. The standard InChI is InChI=1S/C48H63N11O7/c1-27(2)20-30-6-9-32(10-7-30)43-53-26-37(28(3)55-43)45(61)57-38(14-15-49)48(64)59(5)42-33-11-13-41(66-19-17-51)36(23-33)35-21-31(8-12-40(35)65-18-16-50)22-39(46(62)54-25-34-24-52-34)58-44(60)29(4)56-47(42)63/h6-13,21,23,26-27,29,34,38-39,42,52H,14-20,22,24-25,49-51H2,1-5H3,(H,54,62)(H,56,63)(H,57,61)(H,58,60)/t29-,34?,38-,39-,42-/m0/s1. The number of hydrogen-bond acceptors (Lipinski definition) is 13. The third kappa shape index (κ3) is 12.4. The summed E-state index contributed by atoms with van der Waals surface area (Å²) in [6.07, 6.45) is 2.50. The lowest BCUT2D eigenvalue weighted by Gasteiger charge is -2.32. The zero-order valence-electron chi connectivity index (χ0n) is 38.3. The summed E-state index contributed by atoms with van der Waals surface area (Å²) in [7, 11) is 1.44. The fraction of sp³-hybridized carbons (Fsp3) is 0.438. The Bertz CT molecular complexity index is 2370. The van der Waals surface area contributed by atoms with Crippen LogP contribution in [0.2, 0.25) is 0 Å². The van der Waals surface area contributed by atoms with Crippen molar-refractivity contribution >= 4 is 29.5 Å². The lowest BCUT2D eigenvalue weighted by atomic mass is 9.93. The maximum atomic E-state index is 14.7. The maximum absolute atomic E-state index is 14.7. The lowest BCUT2D eigenvalue weighted by Crippen LogP contribution is -2.56. The maximum Gasteiger partial charge on any atom is 0.255 e. The van der Waals surface area contributed by atoms with Crippen molar-refractivity contribution in [3.05, 3.63) is 94.8 Å². The molecule has 0 spiro atoms. The van der Waals surface area contributed by atoms with Gasteiger partial charge in [-0.3, -0.25) is 24.0 Å². The molecule has 2 aliphatic rings. The van der Waals surface area contributed by atoms with Gasteiger partial charge >= 0.3 is 0 Å². The number of fused-ring (bicyclic) bond motifs is 5. The van der Waals surface area contributed by atoms with Gasteiger partial charge in [0.1, 0.15) is 48.9 Å². The fourth-order valence-electron chi connectivity index (χ4n) is 7.78. The molecular formula is C48H63N11O7. The van der Waals surface area contributed by atoms with Crippen LogP contribution in [0.4, 0.5) is 0 Å². The van der Waals surface area contributed by atoms with E-state index in [0.29, 0.717) is 57.7 Å². The van der Waals surface area contributed by atoms with Gasteiger partial charge in [0, 0.05) is 68.6 Å². The number of rotatable bonds is 18. The van der Waals surface area contributed by atoms with Gasteiger partial charge in [0.2, 0.25) is 23.6 Å². The highest BCUT2D eigenvalue weighted by Crippen LogP contribution is 2.40. The first-order valence-electron chi connectivity index (χ1n) is 22.5. The molecular weight excluding hydrogens is 843 g/mol. The number of carbonyl (C=O) groups excluding carboxylic acids is 5. The molecule has 3 aromatic carbocycles. The Kier molecular flexibility index (Phi) is 16.8. The van der Waals surface area contributed by atoms with Crippen molar-refractivity contribution in [2.45, 2.75) is 77.2 Å². The highest BCUT2D eigenvalue weighted by Gasteiger charge is 2.36. The van der Waals surface area contributed by atoms with Gasteiger partial charge in [-0.25, -0.2) is 9.97 Å². The van der Waals surface area contributed by atoms with Crippen LogP contribution in [0.5, 0.6) is 11.5 Å². The molecule has 5 amide bonds. The highest BCUT2D eigenvalue weighted by atomic mass is 16.5. The lowest BCUT2D eigenvalue weighted by molar-refractivity contribution is -0.141. The topological polar surface area (TPSA) is 281 Å². The number of ether oxygens (including phenoxy) is 2. The van der Waals surface area contributed by atoms with E-state index in [0.717, 1.165) is 18.5 Å². The Labute approximate surface area is 385 Å². The molecule has 5 atom stereocenters. The first-order chi connectivity index (χ1) is 31.7. The average molecular weight is 906 g/mol. The molecule has 4 bridgehead atoms. The van der Waals surface area contributed by atoms with Crippen LogP contribution >= 0.6 is 0 Å². The van der Waals surface area contributed by atoms with Gasteiger partial charge in [-0.1, -0.05) is 50.2 Å². The van der Waals surface area contributed by atoms with Crippen LogP contribution in [-0.2, 0) is 32.0 Å². The molecule has 4 aromatic rings. The first-order valence-corrected chi connectivity index (χ1v) is 22.5. The summed E-state index contributed by atoms with van der Waals surface area (Å²) >= 11 is 0. The predicted molar refractivity (Wildman–Crippen MR) is 250 cm³/mol. The zero-order valence-corrected chi connectivity index (χ0v) is 38.3. The SMILES string of the molecule is Cc1nc(-c2ccc(CC(C)C)cc2)ncc1C(=O)N[C@@H](CCN)C(=O)N(C)[C@@H]1C(=O)N[C@@H](C)C(=O)N[C@H](C(=O)NCC2CN2)Cc2ccc(OCCN)c(c2)-c2cc1ccc2OCCN. The van der Waals surface area contributed by atoms with Crippen molar-refractivity contribution in [2.24, 2.45) is 23.1 Å². The number of aromatic nitrogens is 2. The number of carbonyl (C=O) groups is 5. The minimum atomic E-state index is -1.37. The van der Waals surface area contributed by atoms with Crippen LogP contribution in [-0.4, -0.2) is 122 Å². The van der Waals surface area contributed by atoms with Gasteiger partial charge in [-0.15, -0.1) is 0 Å². The predicted octanol–water partition coefficient (Wildman–Crippen LogP) is 1.27.